The molecule has 0 unspecified atom stereocenters. The summed E-state index contributed by atoms with van der Waals surface area (Å²) in [6, 6.07) is 7.14. The van der Waals surface area contributed by atoms with E-state index in [2.05, 4.69) is 9.97 Å². The van der Waals surface area contributed by atoms with E-state index in [0.717, 1.165) is 11.3 Å². The third-order valence-corrected chi connectivity index (χ3v) is 2.28. The van der Waals surface area contributed by atoms with Gasteiger partial charge in [-0.25, -0.2) is 9.97 Å². The lowest BCUT2D eigenvalue weighted by Gasteiger charge is -2.04. The Morgan fingerprint density at radius 3 is 2.73 bits per heavy atom. The number of anilines is 1. The van der Waals surface area contributed by atoms with Gasteiger partial charge in [-0.05, 0) is 31.2 Å². The smallest absolute Gasteiger partial charge is 0.161 e. The summed E-state index contributed by atoms with van der Waals surface area (Å²) in [6.45, 7) is 1.91. The van der Waals surface area contributed by atoms with E-state index < -0.39 is 0 Å². The van der Waals surface area contributed by atoms with Crippen LogP contribution in [-0.2, 0) is 0 Å². The molecule has 0 aliphatic carbocycles. The molecule has 0 amide bonds. The fourth-order valence-electron chi connectivity index (χ4n) is 1.32. The van der Waals surface area contributed by atoms with Crippen LogP contribution in [0.3, 0.4) is 0 Å². The van der Waals surface area contributed by atoms with Crippen molar-refractivity contribution in [1.82, 2.24) is 9.97 Å². The van der Waals surface area contributed by atoms with Gasteiger partial charge in [0.2, 0.25) is 0 Å². The largest absolute Gasteiger partial charge is 0.398 e. The minimum absolute atomic E-state index is 0.591. The van der Waals surface area contributed by atoms with Gasteiger partial charge in [-0.15, -0.1) is 0 Å². The molecule has 0 bridgehead atoms. The number of hydrogen-bond acceptors (Lipinski definition) is 3. The maximum atomic E-state index is 5.84. The zero-order chi connectivity index (χ0) is 10.8. The molecule has 0 aliphatic heterocycles. The topological polar surface area (TPSA) is 51.8 Å². The average molecular weight is 220 g/mol. The Morgan fingerprint density at radius 1 is 1.27 bits per heavy atom. The van der Waals surface area contributed by atoms with Crippen LogP contribution >= 0.6 is 11.6 Å². The van der Waals surface area contributed by atoms with E-state index in [1.165, 1.54) is 0 Å². The van der Waals surface area contributed by atoms with Crippen LogP contribution in [0, 0.1) is 6.92 Å². The van der Waals surface area contributed by atoms with Gasteiger partial charge in [0.05, 0.1) is 0 Å². The summed E-state index contributed by atoms with van der Waals surface area (Å²) < 4.78 is 0. The lowest BCUT2D eigenvalue weighted by molar-refractivity contribution is 1.11. The predicted octanol–water partition coefficient (Wildman–Crippen LogP) is 2.69. The molecule has 76 valence electrons. The summed E-state index contributed by atoms with van der Waals surface area (Å²) >= 11 is 5.81. The highest BCUT2D eigenvalue weighted by Crippen LogP contribution is 2.25. The normalized spacial score (nSPS) is 10.3. The minimum atomic E-state index is 0.591. The summed E-state index contributed by atoms with van der Waals surface area (Å²) in [5.41, 5.74) is 8.15. The second kappa shape index (κ2) is 3.87. The second-order valence-electron chi connectivity index (χ2n) is 3.25. The van der Waals surface area contributed by atoms with Gasteiger partial charge in [0, 0.05) is 28.2 Å². The minimum Gasteiger partial charge on any atom is -0.398 e. The first-order chi connectivity index (χ1) is 7.16. The Hall–Kier alpha value is -1.61. The fraction of sp³-hybridized carbons (Fsp3) is 0.0909. The Kier molecular flexibility index (Phi) is 2.56. The molecule has 2 aromatic rings. The van der Waals surface area contributed by atoms with Crippen LogP contribution in [-0.4, -0.2) is 9.97 Å². The Bertz CT molecular complexity index is 497. The zero-order valence-electron chi connectivity index (χ0n) is 8.24. The lowest BCUT2D eigenvalue weighted by atomic mass is 10.1. The molecule has 0 radical (unpaired) electrons. The zero-order valence-corrected chi connectivity index (χ0v) is 8.99. The van der Waals surface area contributed by atoms with Crippen LogP contribution in [0.5, 0.6) is 0 Å². The molecule has 3 nitrogen and oxygen atoms in total. The number of halogens is 1. The summed E-state index contributed by atoms with van der Waals surface area (Å²) in [5.74, 6) is 0.629. The van der Waals surface area contributed by atoms with Gasteiger partial charge in [-0.1, -0.05) is 11.6 Å². The first-order valence-electron chi connectivity index (χ1n) is 4.52. The molecule has 0 fully saturated rings. The Labute approximate surface area is 92.9 Å². The summed E-state index contributed by atoms with van der Waals surface area (Å²) in [4.78, 5) is 8.47. The molecule has 0 atom stereocenters. The van der Waals surface area contributed by atoms with Crippen molar-refractivity contribution in [2.75, 3.05) is 5.73 Å². The van der Waals surface area contributed by atoms with Crippen LogP contribution in [0.4, 0.5) is 5.69 Å². The number of nitrogens with two attached hydrogens (primary N) is 1. The van der Waals surface area contributed by atoms with E-state index in [0.29, 0.717) is 16.5 Å². The SMILES string of the molecule is Cc1ccnc(-c2ccc(Cl)cc2N)n1. The molecule has 0 spiro atoms. The lowest BCUT2D eigenvalue weighted by Crippen LogP contribution is -1.95. The molecule has 1 aromatic heterocycles. The van der Waals surface area contributed by atoms with Crippen LogP contribution in [0.15, 0.2) is 30.5 Å². The Balaban J connectivity index is 2.54. The highest BCUT2D eigenvalue weighted by molar-refractivity contribution is 6.31. The summed E-state index contributed by atoms with van der Waals surface area (Å²) in [5, 5.41) is 0.615. The highest BCUT2D eigenvalue weighted by Gasteiger charge is 2.05. The van der Waals surface area contributed by atoms with Crippen molar-refractivity contribution in [2.24, 2.45) is 0 Å². The molecule has 1 aromatic carbocycles. The molecular formula is C11H10ClN3. The molecule has 0 aliphatic rings. The maximum absolute atomic E-state index is 5.84. The van der Waals surface area contributed by atoms with E-state index in [-0.39, 0.29) is 0 Å². The van der Waals surface area contributed by atoms with E-state index in [1.54, 1.807) is 18.3 Å². The molecule has 4 heteroatoms. The second-order valence-corrected chi connectivity index (χ2v) is 3.69. The molecular weight excluding hydrogens is 210 g/mol. The van der Waals surface area contributed by atoms with Crippen molar-refractivity contribution < 1.29 is 0 Å². The number of aromatic nitrogens is 2. The van der Waals surface area contributed by atoms with Gasteiger partial charge >= 0.3 is 0 Å². The van der Waals surface area contributed by atoms with Crippen molar-refractivity contribution in [1.29, 1.82) is 0 Å². The first kappa shape index (κ1) is 9.93. The Morgan fingerprint density at radius 2 is 2.07 bits per heavy atom. The maximum Gasteiger partial charge on any atom is 0.161 e. The third kappa shape index (κ3) is 2.07. The molecule has 2 rings (SSSR count). The van der Waals surface area contributed by atoms with Crippen molar-refractivity contribution in [3.63, 3.8) is 0 Å². The molecule has 2 N–H and O–H groups in total. The van der Waals surface area contributed by atoms with Crippen LogP contribution in [0.2, 0.25) is 5.02 Å². The van der Waals surface area contributed by atoms with Gasteiger partial charge in [0.15, 0.2) is 5.82 Å². The van der Waals surface area contributed by atoms with Crippen molar-refractivity contribution >= 4 is 17.3 Å². The number of benzene rings is 1. The van der Waals surface area contributed by atoms with Crippen LogP contribution < -0.4 is 5.73 Å². The number of nitrogen functional groups attached to an aromatic ring is 1. The number of hydrogen-bond donors (Lipinski definition) is 1. The van der Waals surface area contributed by atoms with E-state index in [9.17, 15) is 0 Å². The van der Waals surface area contributed by atoms with E-state index >= 15 is 0 Å². The van der Waals surface area contributed by atoms with Crippen LogP contribution in [0.1, 0.15) is 5.69 Å². The van der Waals surface area contributed by atoms with E-state index in [4.69, 9.17) is 17.3 Å². The summed E-state index contributed by atoms with van der Waals surface area (Å²) in [7, 11) is 0. The van der Waals surface area contributed by atoms with Crippen molar-refractivity contribution in [3.05, 3.63) is 41.2 Å². The highest BCUT2D eigenvalue weighted by atomic mass is 35.5. The molecule has 15 heavy (non-hydrogen) atoms. The average Bonchev–Trinajstić information content (AvgIpc) is 2.17. The first-order valence-corrected chi connectivity index (χ1v) is 4.89. The predicted molar refractivity (Wildman–Crippen MR) is 61.6 cm³/mol. The van der Waals surface area contributed by atoms with Crippen molar-refractivity contribution in [3.8, 4) is 11.4 Å². The molecule has 0 saturated heterocycles. The molecule has 0 saturated carbocycles. The van der Waals surface area contributed by atoms with Crippen molar-refractivity contribution in [2.45, 2.75) is 6.92 Å². The number of nitrogens with zero attached hydrogens (tertiary/aromatic N) is 2. The monoisotopic (exact) mass is 219 g/mol. The van der Waals surface area contributed by atoms with Gasteiger partial charge in [0.25, 0.3) is 0 Å². The number of aryl methyl sites for hydroxylation is 1. The third-order valence-electron chi connectivity index (χ3n) is 2.05. The van der Waals surface area contributed by atoms with Gasteiger partial charge in [0.1, 0.15) is 0 Å². The van der Waals surface area contributed by atoms with Gasteiger partial charge in [-0.2, -0.15) is 0 Å². The number of rotatable bonds is 1. The standard InChI is InChI=1S/C11H10ClN3/c1-7-4-5-14-11(15-7)9-3-2-8(12)6-10(9)13/h2-6H,13H2,1H3. The van der Waals surface area contributed by atoms with E-state index in [1.807, 2.05) is 19.1 Å². The summed E-state index contributed by atoms with van der Waals surface area (Å²) in [6.07, 6.45) is 1.71. The fourth-order valence-corrected chi connectivity index (χ4v) is 1.50. The van der Waals surface area contributed by atoms with Crippen LogP contribution in [0.25, 0.3) is 11.4 Å². The quantitative estimate of drug-likeness (QED) is 0.751. The van der Waals surface area contributed by atoms with Gasteiger partial charge in [-0.3, -0.25) is 0 Å². The molecule has 1 heterocycles. The van der Waals surface area contributed by atoms with Gasteiger partial charge < -0.3 is 5.73 Å².